The molecule has 0 unspecified atom stereocenters. The number of aromatic nitrogens is 2. The fourth-order valence-electron chi connectivity index (χ4n) is 4.04. The molecule has 4 heterocycles. The molecule has 0 aliphatic carbocycles. The van der Waals surface area contributed by atoms with Crippen LogP contribution in [0.1, 0.15) is 19.3 Å². The molecule has 0 bridgehead atoms. The van der Waals surface area contributed by atoms with Gasteiger partial charge in [-0.1, -0.05) is 0 Å². The summed E-state index contributed by atoms with van der Waals surface area (Å²) in [5.41, 5.74) is 0. The van der Waals surface area contributed by atoms with Crippen molar-refractivity contribution in [1.29, 1.82) is 0 Å². The van der Waals surface area contributed by atoms with Gasteiger partial charge < -0.3 is 14.7 Å². The van der Waals surface area contributed by atoms with Crippen LogP contribution in [0.5, 0.6) is 0 Å². The number of hydrogen-bond donors (Lipinski definition) is 0. The van der Waals surface area contributed by atoms with Crippen LogP contribution >= 0.6 is 0 Å². The molecule has 1 aromatic rings. The highest BCUT2D eigenvalue weighted by Gasteiger charge is 2.41. The third kappa shape index (κ3) is 1.95. The number of nitrogens with zero attached hydrogens (tertiary/aromatic N) is 5. The van der Waals surface area contributed by atoms with Crippen molar-refractivity contribution in [3.8, 4) is 0 Å². The van der Waals surface area contributed by atoms with Crippen LogP contribution in [-0.4, -0.2) is 60.7 Å². The molecule has 5 heteroatoms. The van der Waals surface area contributed by atoms with Crippen molar-refractivity contribution in [2.45, 2.75) is 25.3 Å². The summed E-state index contributed by atoms with van der Waals surface area (Å²) in [5.74, 6) is 3.03. The molecule has 3 saturated heterocycles. The maximum Gasteiger partial charge on any atom is 0.172 e. The van der Waals surface area contributed by atoms with Crippen molar-refractivity contribution >= 4 is 11.6 Å². The number of anilines is 2. The lowest BCUT2D eigenvalue weighted by Gasteiger charge is -2.26. The lowest BCUT2D eigenvalue weighted by Crippen LogP contribution is -2.33. The first-order chi connectivity index (χ1) is 9.83. The third-order valence-electron chi connectivity index (χ3n) is 5.19. The zero-order valence-corrected chi connectivity index (χ0v) is 12.2. The Morgan fingerprint density at radius 3 is 2.35 bits per heavy atom. The van der Waals surface area contributed by atoms with Crippen molar-refractivity contribution in [1.82, 2.24) is 14.9 Å². The molecule has 0 amide bonds. The van der Waals surface area contributed by atoms with Crippen LogP contribution in [0.25, 0.3) is 0 Å². The van der Waals surface area contributed by atoms with E-state index < -0.39 is 0 Å². The highest BCUT2D eigenvalue weighted by Crippen LogP contribution is 2.36. The molecule has 3 aliphatic rings. The number of hydrogen-bond acceptors (Lipinski definition) is 5. The quantitative estimate of drug-likeness (QED) is 0.809. The van der Waals surface area contributed by atoms with Gasteiger partial charge in [-0.3, -0.25) is 0 Å². The second-order valence-electron chi connectivity index (χ2n) is 6.40. The van der Waals surface area contributed by atoms with Crippen LogP contribution in [0.2, 0.25) is 0 Å². The maximum absolute atomic E-state index is 4.66. The topological polar surface area (TPSA) is 35.5 Å². The van der Waals surface area contributed by atoms with Gasteiger partial charge in [-0.05, 0) is 38.8 Å². The molecule has 2 atom stereocenters. The molecule has 3 fully saturated rings. The highest BCUT2D eigenvalue weighted by atomic mass is 15.3. The molecule has 0 radical (unpaired) electrons. The minimum Gasteiger partial charge on any atom is -0.354 e. The van der Waals surface area contributed by atoms with E-state index in [0.717, 1.165) is 43.7 Å². The summed E-state index contributed by atoms with van der Waals surface area (Å²) in [4.78, 5) is 16.7. The molecule has 3 aliphatic heterocycles. The fourth-order valence-corrected chi connectivity index (χ4v) is 4.04. The fraction of sp³-hybridized carbons (Fsp3) is 0.733. The van der Waals surface area contributed by atoms with Crippen LogP contribution in [0.4, 0.5) is 11.6 Å². The van der Waals surface area contributed by atoms with Gasteiger partial charge >= 0.3 is 0 Å². The highest BCUT2D eigenvalue weighted by molar-refractivity contribution is 5.63. The first kappa shape index (κ1) is 12.4. The molecular weight excluding hydrogens is 250 g/mol. The molecule has 0 aromatic carbocycles. The summed E-state index contributed by atoms with van der Waals surface area (Å²) in [6, 6.07) is 0.712. The summed E-state index contributed by atoms with van der Waals surface area (Å²) in [7, 11) is 2.26. The largest absolute Gasteiger partial charge is 0.354 e. The monoisotopic (exact) mass is 273 g/mol. The first-order valence-electron chi connectivity index (χ1n) is 7.84. The van der Waals surface area contributed by atoms with Gasteiger partial charge in [0.1, 0.15) is 0 Å². The van der Waals surface area contributed by atoms with Gasteiger partial charge in [-0.25, -0.2) is 9.97 Å². The van der Waals surface area contributed by atoms with E-state index in [2.05, 4.69) is 31.7 Å². The summed E-state index contributed by atoms with van der Waals surface area (Å²) in [6.07, 6.45) is 7.57. The standard InChI is InChI=1S/C15H23N5/c1-18-9-4-12-10-20(11-13(12)18)15-14(16-5-6-17-15)19-7-2-3-8-19/h5-6,12-13H,2-4,7-11H2,1H3/t12-,13+/m0/s1. The Morgan fingerprint density at radius 2 is 1.65 bits per heavy atom. The first-order valence-corrected chi connectivity index (χ1v) is 7.84. The average Bonchev–Trinajstić information content (AvgIpc) is 3.18. The van der Waals surface area contributed by atoms with Crippen molar-refractivity contribution in [3.63, 3.8) is 0 Å². The van der Waals surface area contributed by atoms with E-state index in [4.69, 9.17) is 0 Å². The van der Waals surface area contributed by atoms with Gasteiger partial charge in [0.25, 0.3) is 0 Å². The van der Waals surface area contributed by atoms with Gasteiger partial charge in [-0.15, -0.1) is 0 Å². The summed E-state index contributed by atoms with van der Waals surface area (Å²) in [5, 5.41) is 0. The van der Waals surface area contributed by atoms with Gasteiger partial charge in [0.2, 0.25) is 0 Å². The van der Waals surface area contributed by atoms with E-state index in [1.54, 1.807) is 0 Å². The van der Waals surface area contributed by atoms with Crippen molar-refractivity contribution in [2.24, 2.45) is 5.92 Å². The molecule has 0 N–H and O–H groups in total. The van der Waals surface area contributed by atoms with Crippen LogP contribution < -0.4 is 9.80 Å². The van der Waals surface area contributed by atoms with Gasteiger partial charge in [0, 0.05) is 44.6 Å². The predicted octanol–water partition coefficient (Wildman–Crippen LogP) is 1.22. The Kier molecular flexibility index (Phi) is 3.02. The Hall–Kier alpha value is -1.36. The molecule has 0 saturated carbocycles. The molecule has 1 aromatic heterocycles. The molecule has 20 heavy (non-hydrogen) atoms. The van der Waals surface area contributed by atoms with Crippen LogP contribution in [-0.2, 0) is 0 Å². The van der Waals surface area contributed by atoms with Gasteiger partial charge in [0.05, 0.1) is 0 Å². The maximum atomic E-state index is 4.66. The van der Waals surface area contributed by atoms with Crippen molar-refractivity contribution < 1.29 is 0 Å². The van der Waals surface area contributed by atoms with E-state index in [-0.39, 0.29) is 0 Å². The van der Waals surface area contributed by atoms with Crippen molar-refractivity contribution in [2.75, 3.05) is 49.6 Å². The second kappa shape index (κ2) is 4.88. The number of fused-ring (bicyclic) bond motifs is 1. The van der Waals surface area contributed by atoms with Crippen LogP contribution in [0.3, 0.4) is 0 Å². The van der Waals surface area contributed by atoms with Crippen molar-refractivity contribution in [3.05, 3.63) is 12.4 Å². The number of likely N-dealkylation sites (tertiary alicyclic amines) is 1. The smallest absolute Gasteiger partial charge is 0.172 e. The Labute approximate surface area is 120 Å². The van der Waals surface area contributed by atoms with Gasteiger partial charge in [0.15, 0.2) is 11.6 Å². The Balaban J connectivity index is 1.60. The zero-order valence-electron chi connectivity index (χ0n) is 12.2. The summed E-state index contributed by atoms with van der Waals surface area (Å²) >= 11 is 0. The Bertz CT molecular complexity index is 485. The lowest BCUT2D eigenvalue weighted by molar-refractivity contribution is 0.310. The molecular formula is C15H23N5. The number of likely N-dealkylation sites (N-methyl/N-ethyl adjacent to an activating group) is 1. The van der Waals surface area contributed by atoms with Gasteiger partial charge in [-0.2, -0.15) is 0 Å². The van der Waals surface area contributed by atoms with Crippen LogP contribution in [0, 0.1) is 5.92 Å². The summed E-state index contributed by atoms with van der Waals surface area (Å²) in [6.45, 7) is 5.77. The van der Waals surface area contributed by atoms with E-state index >= 15 is 0 Å². The molecule has 4 rings (SSSR count). The second-order valence-corrected chi connectivity index (χ2v) is 6.40. The van der Waals surface area contributed by atoms with E-state index in [0.29, 0.717) is 6.04 Å². The molecule has 0 spiro atoms. The zero-order chi connectivity index (χ0) is 13.5. The van der Waals surface area contributed by atoms with E-state index in [1.807, 2.05) is 12.4 Å². The minimum absolute atomic E-state index is 0.712. The molecule has 5 nitrogen and oxygen atoms in total. The van der Waals surface area contributed by atoms with E-state index in [1.165, 1.54) is 25.8 Å². The molecule has 108 valence electrons. The van der Waals surface area contributed by atoms with E-state index in [9.17, 15) is 0 Å². The lowest BCUT2D eigenvalue weighted by atomic mass is 10.1. The SMILES string of the molecule is CN1CC[C@H]2CN(c3nccnc3N3CCCC3)C[C@H]21. The summed E-state index contributed by atoms with van der Waals surface area (Å²) < 4.78 is 0. The number of rotatable bonds is 2. The average molecular weight is 273 g/mol. The normalized spacial score (nSPS) is 30.2. The Morgan fingerprint density at radius 1 is 0.950 bits per heavy atom. The third-order valence-corrected chi connectivity index (χ3v) is 5.19. The minimum atomic E-state index is 0.712. The van der Waals surface area contributed by atoms with Crippen LogP contribution in [0.15, 0.2) is 12.4 Å². The predicted molar refractivity (Wildman–Crippen MR) is 80.2 cm³/mol.